The molecule has 0 aliphatic carbocycles. The van der Waals surface area contributed by atoms with Gasteiger partial charge in [0.15, 0.2) is 0 Å². The fourth-order valence-electron chi connectivity index (χ4n) is 3.92. The summed E-state index contributed by atoms with van der Waals surface area (Å²) < 4.78 is 37.5. The molecule has 1 fully saturated rings. The van der Waals surface area contributed by atoms with E-state index in [2.05, 4.69) is 29.6 Å². The number of ether oxygens (including phenoxy) is 2. The van der Waals surface area contributed by atoms with E-state index in [4.69, 9.17) is 16.3 Å². The molecule has 34 heavy (non-hydrogen) atoms. The van der Waals surface area contributed by atoms with Crippen LogP contribution >= 0.6 is 11.6 Å². The highest BCUT2D eigenvalue weighted by Gasteiger charge is 2.27. The molecule has 1 atom stereocenters. The van der Waals surface area contributed by atoms with Gasteiger partial charge in [-0.1, -0.05) is 0 Å². The molecule has 4 aromatic rings. The number of nitrogens with zero attached hydrogens (tertiary/aromatic N) is 4. The third-order valence-corrected chi connectivity index (χ3v) is 5.52. The zero-order valence-corrected chi connectivity index (χ0v) is 18.4. The highest BCUT2D eigenvalue weighted by molar-refractivity contribution is 6.20. The van der Waals surface area contributed by atoms with Crippen molar-refractivity contribution < 1.29 is 23.0 Å². The molecule has 1 aliphatic rings. The maximum atomic E-state index is 13.0. The fourth-order valence-corrected chi connectivity index (χ4v) is 4.01. The molecule has 11 heteroatoms. The number of benzene rings is 2. The van der Waals surface area contributed by atoms with Crippen LogP contribution in [0.1, 0.15) is 22.8 Å². The SMILES string of the molecule is O=C(Nc1ccc(OC(F)(F)Cl)cc1)c1cc(-c2cncnc2)c2c(c1)ncn2C1CCOC1. The molecule has 3 heterocycles. The van der Waals surface area contributed by atoms with Gasteiger partial charge >= 0.3 is 5.57 Å². The lowest BCUT2D eigenvalue weighted by atomic mass is 10.0. The van der Waals surface area contributed by atoms with Crippen LogP contribution in [0.5, 0.6) is 5.75 Å². The normalized spacial score (nSPS) is 16.0. The molecule has 5 rings (SSSR count). The monoisotopic (exact) mass is 485 g/mol. The van der Waals surface area contributed by atoms with Gasteiger partial charge in [0.05, 0.1) is 30.0 Å². The minimum Gasteiger partial charge on any atom is -0.420 e. The van der Waals surface area contributed by atoms with Crippen LogP contribution in [0.25, 0.3) is 22.2 Å². The van der Waals surface area contributed by atoms with Crippen molar-refractivity contribution in [2.45, 2.75) is 18.0 Å². The number of rotatable bonds is 6. The first-order valence-corrected chi connectivity index (χ1v) is 10.8. The first-order valence-electron chi connectivity index (χ1n) is 10.4. The summed E-state index contributed by atoms with van der Waals surface area (Å²) in [5.41, 5.74) is -0.0319. The zero-order chi connectivity index (χ0) is 23.7. The van der Waals surface area contributed by atoms with Crippen LogP contribution in [0.3, 0.4) is 0 Å². The quantitative estimate of drug-likeness (QED) is 0.392. The Morgan fingerprint density at radius 2 is 1.97 bits per heavy atom. The van der Waals surface area contributed by atoms with Crippen LogP contribution < -0.4 is 10.1 Å². The lowest BCUT2D eigenvalue weighted by molar-refractivity contribution is -0.0964. The number of carbonyl (C=O) groups is 1. The Hall–Kier alpha value is -3.63. The smallest absolute Gasteiger partial charge is 0.420 e. The highest BCUT2D eigenvalue weighted by atomic mass is 35.5. The lowest BCUT2D eigenvalue weighted by Gasteiger charge is -2.15. The van der Waals surface area contributed by atoms with E-state index >= 15 is 0 Å². The number of anilines is 1. The first kappa shape index (κ1) is 22.2. The summed E-state index contributed by atoms with van der Waals surface area (Å²) >= 11 is 4.78. The largest absolute Gasteiger partial charge is 0.487 e. The number of hydrogen-bond acceptors (Lipinski definition) is 6. The Labute approximate surface area is 197 Å². The van der Waals surface area contributed by atoms with Gasteiger partial charge in [-0.05, 0) is 42.8 Å². The molecule has 1 amide bonds. The molecule has 1 aliphatic heterocycles. The number of carbonyl (C=O) groups excluding carboxylic acids is 1. The summed E-state index contributed by atoms with van der Waals surface area (Å²) in [6, 6.07) is 9.06. The average molecular weight is 486 g/mol. The summed E-state index contributed by atoms with van der Waals surface area (Å²) in [6.07, 6.45) is 7.42. The van der Waals surface area contributed by atoms with Crippen molar-refractivity contribution in [1.29, 1.82) is 0 Å². The number of aromatic nitrogens is 4. The minimum absolute atomic E-state index is 0.132. The fraction of sp³-hybridized carbons (Fsp3) is 0.217. The molecule has 174 valence electrons. The standard InChI is InChI=1S/C23H18ClF2N5O3/c24-23(25,26)34-18-3-1-16(2-4-18)30-22(32)14-7-19(15-9-27-12-28-10-15)21-20(8-14)29-13-31(21)17-5-6-33-11-17/h1-4,7-10,12-13,17H,5-6,11H2,(H,30,32). The maximum absolute atomic E-state index is 13.0. The van der Waals surface area contributed by atoms with Crippen molar-refractivity contribution in [2.75, 3.05) is 18.5 Å². The molecule has 0 bridgehead atoms. The van der Waals surface area contributed by atoms with Gasteiger partial charge in [-0.3, -0.25) is 4.79 Å². The van der Waals surface area contributed by atoms with Gasteiger partial charge in [-0.15, -0.1) is 8.78 Å². The zero-order valence-electron chi connectivity index (χ0n) is 17.6. The average Bonchev–Trinajstić information content (AvgIpc) is 3.49. The molecular weight excluding hydrogens is 468 g/mol. The van der Waals surface area contributed by atoms with Crippen molar-refractivity contribution in [2.24, 2.45) is 0 Å². The number of nitrogens with one attached hydrogen (secondary N) is 1. The van der Waals surface area contributed by atoms with Crippen molar-refractivity contribution >= 4 is 34.2 Å². The van der Waals surface area contributed by atoms with E-state index in [0.717, 1.165) is 23.1 Å². The predicted octanol–water partition coefficient (Wildman–Crippen LogP) is 4.87. The molecule has 0 spiro atoms. The number of alkyl halides is 3. The lowest BCUT2D eigenvalue weighted by Crippen LogP contribution is -2.16. The van der Waals surface area contributed by atoms with E-state index in [1.54, 1.807) is 30.9 Å². The number of halogens is 3. The van der Waals surface area contributed by atoms with Crippen molar-refractivity contribution in [3.8, 4) is 16.9 Å². The molecule has 1 unspecified atom stereocenters. The van der Waals surface area contributed by atoms with E-state index in [9.17, 15) is 13.6 Å². The van der Waals surface area contributed by atoms with E-state index in [1.165, 1.54) is 30.6 Å². The van der Waals surface area contributed by atoms with Crippen molar-refractivity contribution in [1.82, 2.24) is 19.5 Å². The molecule has 0 radical (unpaired) electrons. The van der Waals surface area contributed by atoms with E-state index in [0.29, 0.717) is 30.0 Å². The molecule has 1 saturated heterocycles. The van der Waals surface area contributed by atoms with Gasteiger partial charge in [0.2, 0.25) is 0 Å². The van der Waals surface area contributed by atoms with Crippen LogP contribution in [0.2, 0.25) is 0 Å². The van der Waals surface area contributed by atoms with Crippen LogP contribution in [0.4, 0.5) is 14.5 Å². The third kappa shape index (κ3) is 4.68. The van der Waals surface area contributed by atoms with Gasteiger partial charge < -0.3 is 19.4 Å². The molecular formula is C23H18ClF2N5O3. The molecule has 2 aromatic carbocycles. The predicted molar refractivity (Wildman–Crippen MR) is 121 cm³/mol. The molecule has 8 nitrogen and oxygen atoms in total. The van der Waals surface area contributed by atoms with Crippen molar-refractivity contribution in [3.63, 3.8) is 0 Å². The Morgan fingerprint density at radius 3 is 2.65 bits per heavy atom. The van der Waals surface area contributed by atoms with Crippen LogP contribution in [0.15, 0.2) is 61.4 Å². The second kappa shape index (κ2) is 8.96. The third-order valence-electron chi connectivity index (χ3n) is 5.45. The number of amides is 1. The van der Waals surface area contributed by atoms with Gasteiger partial charge in [0, 0.05) is 53.0 Å². The van der Waals surface area contributed by atoms with Gasteiger partial charge in [0.1, 0.15) is 12.1 Å². The van der Waals surface area contributed by atoms with Crippen LogP contribution in [-0.4, -0.2) is 44.2 Å². The molecule has 0 saturated carbocycles. The second-order valence-electron chi connectivity index (χ2n) is 7.71. The Bertz CT molecular complexity index is 1320. The van der Waals surface area contributed by atoms with E-state index in [-0.39, 0.29) is 11.8 Å². The van der Waals surface area contributed by atoms with Crippen LogP contribution in [0, 0.1) is 0 Å². The second-order valence-corrected chi connectivity index (χ2v) is 8.15. The Kier molecular flexibility index (Phi) is 5.84. The van der Waals surface area contributed by atoms with Gasteiger partial charge in [-0.25, -0.2) is 15.0 Å². The summed E-state index contributed by atoms with van der Waals surface area (Å²) in [5.74, 6) is -0.526. The molecule has 1 N–H and O–H groups in total. The Balaban J connectivity index is 1.48. The number of imidazole rings is 1. The topological polar surface area (TPSA) is 91.2 Å². The summed E-state index contributed by atoms with van der Waals surface area (Å²) in [7, 11) is 0. The molecule has 2 aromatic heterocycles. The first-order chi connectivity index (χ1) is 16.4. The number of fused-ring (bicyclic) bond motifs is 1. The number of hydrogen-bond donors (Lipinski definition) is 1. The Morgan fingerprint density at radius 1 is 1.21 bits per heavy atom. The van der Waals surface area contributed by atoms with Gasteiger partial charge in [-0.2, -0.15) is 0 Å². The summed E-state index contributed by atoms with van der Waals surface area (Å²) in [5, 5.41) is 2.75. The van der Waals surface area contributed by atoms with Crippen LogP contribution in [-0.2, 0) is 4.74 Å². The van der Waals surface area contributed by atoms with Gasteiger partial charge in [0.25, 0.3) is 5.91 Å². The summed E-state index contributed by atoms with van der Waals surface area (Å²) in [6.45, 7) is 1.27. The van der Waals surface area contributed by atoms with E-state index < -0.39 is 11.5 Å². The van der Waals surface area contributed by atoms with Crippen molar-refractivity contribution in [3.05, 3.63) is 67.0 Å². The minimum atomic E-state index is -3.81. The highest BCUT2D eigenvalue weighted by Crippen LogP contribution is 2.33. The summed E-state index contributed by atoms with van der Waals surface area (Å²) in [4.78, 5) is 25.8. The maximum Gasteiger partial charge on any atom is 0.487 e. The van der Waals surface area contributed by atoms with E-state index in [1.807, 2.05) is 0 Å².